The molecule has 0 saturated heterocycles. The summed E-state index contributed by atoms with van der Waals surface area (Å²) in [7, 11) is 1.75. The van der Waals surface area contributed by atoms with Crippen LogP contribution in [0.3, 0.4) is 0 Å². The number of amides is 2. The molecule has 2 aromatic carbocycles. The van der Waals surface area contributed by atoms with Crippen molar-refractivity contribution in [3.8, 4) is 0 Å². The SMILES string of the molecule is Cn1ccc(COC(=O)N[C@H]2CCc3c(C(=O)Nc4ccc(F)c(Cl)c4)ccc(F)c32)n1. The van der Waals surface area contributed by atoms with E-state index in [9.17, 15) is 18.4 Å². The van der Waals surface area contributed by atoms with Gasteiger partial charge in [0.25, 0.3) is 5.91 Å². The van der Waals surface area contributed by atoms with Crippen LogP contribution >= 0.6 is 11.6 Å². The third-order valence-electron chi connectivity index (χ3n) is 5.17. The van der Waals surface area contributed by atoms with Gasteiger partial charge in [0, 0.05) is 30.1 Å². The summed E-state index contributed by atoms with van der Waals surface area (Å²) < 4.78 is 34.7. The van der Waals surface area contributed by atoms with Gasteiger partial charge in [-0.25, -0.2) is 13.6 Å². The molecule has 1 heterocycles. The highest BCUT2D eigenvalue weighted by atomic mass is 35.5. The lowest BCUT2D eigenvalue weighted by molar-refractivity contribution is 0.102. The Balaban J connectivity index is 1.47. The molecule has 166 valence electrons. The number of anilines is 1. The van der Waals surface area contributed by atoms with E-state index < -0.39 is 29.7 Å². The number of carbonyl (C=O) groups is 2. The average Bonchev–Trinajstić information content (AvgIpc) is 3.36. The minimum atomic E-state index is -0.705. The van der Waals surface area contributed by atoms with Crippen molar-refractivity contribution in [2.45, 2.75) is 25.5 Å². The molecule has 1 atom stereocenters. The number of fused-ring (bicyclic) bond motifs is 1. The highest BCUT2D eigenvalue weighted by Gasteiger charge is 2.31. The van der Waals surface area contributed by atoms with Gasteiger partial charge in [0.1, 0.15) is 18.2 Å². The highest BCUT2D eigenvalue weighted by Crippen LogP contribution is 2.36. The molecule has 1 aliphatic rings. The van der Waals surface area contributed by atoms with Gasteiger partial charge >= 0.3 is 6.09 Å². The van der Waals surface area contributed by atoms with Gasteiger partial charge in [-0.3, -0.25) is 9.48 Å². The Bertz CT molecular complexity index is 1200. The van der Waals surface area contributed by atoms with Crippen LogP contribution in [0.25, 0.3) is 0 Å². The predicted molar refractivity (Wildman–Crippen MR) is 113 cm³/mol. The van der Waals surface area contributed by atoms with Gasteiger partial charge in [-0.1, -0.05) is 11.6 Å². The fraction of sp³-hybridized carbons (Fsp3) is 0.227. The van der Waals surface area contributed by atoms with Crippen LogP contribution in [0.1, 0.15) is 39.6 Å². The number of ether oxygens (including phenoxy) is 1. The molecule has 0 bridgehead atoms. The Morgan fingerprint density at radius 1 is 1.22 bits per heavy atom. The van der Waals surface area contributed by atoms with Crippen molar-refractivity contribution in [3.63, 3.8) is 0 Å². The first-order chi connectivity index (χ1) is 15.3. The van der Waals surface area contributed by atoms with Gasteiger partial charge in [0.2, 0.25) is 0 Å². The number of aryl methyl sites for hydroxylation is 1. The number of halogens is 3. The minimum absolute atomic E-state index is 0.0165. The van der Waals surface area contributed by atoms with Crippen LogP contribution < -0.4 is 10.6 Å². The van der Waals surface area contributed by atoms with Crippen LogP contribution in [0.5, 0.6) is 0 Å². The van der Waals surface area contributed by atoms with E-state index in [1.165, 1.54) is 24.3 Å². The lowest BCUT2D eigenvalue weighted by Crippen LogP contribution is -2.28. The Morgan fingerprint density at radius 2 is 2.00 bits per heavy atom. The Morgan fingerprint density at radius 3 is 2.72 bits per heavy atom. The molecule has 0 fully saturated rings. The minimum Gasteiger partial charge on any atom is -0.443 e. The van der Waals surface area contributed by atoms with E-state index in [2.05, 4.69) is 15.7 Å². The normalized spacial score (nSPS) is 14.7. The van der Waals surface area contributed by atoms with Crippen molar-refractivity contribution >= 4 is 29.3 Å². The number of rotatable bonds is 5. The molecule has 0 saturated carbocycles. The van der Waals surface area contributed by atoms with Crippen LogP contribution in [-0.2, 0) is 24.8 Å². The summed E-state index contributed by atoms with van der Waals surface area (Å²) in [6.07, 6.45) is 1.83. The Hall–Kier alpha value is -3.46. The molecule has 1 aliphatic carbocycles. The van der Waals surface area contributed by atoms with Crippen molar-refractivity contribution in [1.29, 1.82) is 0 Å². The topological polar surface area (TPSA) is 85.2 Å². The number of alkyl carbamates (subject to hydrolysis) is 1. The molecule has 2 amide bonds. The summed E-state index contributed by atoms with van der Waals surface area (Å²) in [6.45, 7) is -0.0165. The standard InChI is InChI=1S/C22H19ClF2N4O3/c1-29-9-8-13(28-29)11-32-22(31)27-19-7-4-14-15(3-6-18(25)20(14)19)21(30)26-12-2-5-17(24)16(23)10-12/h2-3,5-6,8-10,19H,4,7,11H2,1H3,(H,26,30)(H,27,31)/t19-/m0/s1. The summed E-state index contributed by atoms with van der Waals surface area (Å²) in [6, 6.07) is 7.47. The first kappa shape index (κ1) is 21.8. The van der Waals surface area contributed by atoms with E-state index in [-0.39, 0.29) is 22.8 Å². The quantitative estimate of drug-likeness (QED) is 0.586. The second kappa shape index (κ2) is 8.96. The molecule has 0 spiro atoms. The zero-order chi connectivity index (χ0) is 22.8. The summed E-state index contributed by atoms with van der Waals surface area (Å²) in [4.78, 5) is 25.0. The predicted octanol–water partition coefficient (Wildman–Crippen LogP) is 4.52. The Kier molecular flexibility index (Phi) is 6.09. The van der Waals surface area contributed by atoms with E-state index in [0.717, 1.165) is 6.07 Å². The van der Waals surface area contributed by atoms with E-state index in [1.807, 2.05) is 0 Å². The number of carbonyl (C=O) groups excluding carboxylic acids is 2. The molecular weight excluding hydrogens is 442 g/mol. The van der Waals surface area contributed by atoms with Gasteiger partial charge < -0.3 is 15.4 Å². The van der Waals surface area contributed by atoms with Gasteiger partial charge in [-0.2, -0.15) is 5.10 Å². The maximum absolute atomic E-state index is 14.6. The zero-order valence-electron chi connectivity index (χ0n) is 17.0. The van der Waals surface area contributed by atoms with Crippen LogP contribution in [0.15, 0.2) is 42.6 Å². The van der Waals surface area contributed by atoms with E-state index in [0.29, 0.717) is 29.8 Å². The smallest absolute Gasteiger partial charge is 0.408 e. The second-order valence-electron chi connectivity index (χ2n) is 7.36. The van der Waals surface area contributed by atoms with Gasteiger partial charge in [-0.05, 0) is 54.8 Å². The summed E-state index contributed by atoms with van der Waals surface area (Å²) in [5.41, 5.74) is 1.93. The maximum atomic E-state index is 14.6. The average molecular weight is 461 g/mol. The first-order valence-electron chi connectivity index (χ1n) is 9.81. The molecule has 0 aliphatic heterocycles. The summed E-state index contributed by atoms with van der Waals surface area (Å²) in [5.74, 6) is -1.60. The molecule has 2 N–H and O–H groups in total. The number of hydrogen-bond acceptors (Lipinski definition) is 4. The monoisotopic (exact) mass is 460 g/mol. The molecular formula is C22H19ClF2N4O3. The van der Waals surface area contributed by atoms with Crippen LogP contribution in [0, 0.1) is 11.6 Å². The molecule has 1 aromatic heterocycles. The van der Waals surface area contributed by atoms with Gasteiger partial charge in [0.05, 0.1) is 16.8 Å². The molecule has 0 unspecified atom stereocenters. The molecule has 32 heavy (non-hydrogen) atoms. The zero-order valence-corrected chi connectivity index (χ0v) is 17.7. The van der Waals surface area contributed by atoms with Crippen molar-refractivity contribution in [1.82, 2.24) is 15.1 Å². The third-order valence-corrected chi connectivity index (χ3v) is 5.46. The lowest BCUT2D eigenvalue weighted by atomic mass is 10.0. The summed E-state index contributed by atoms with van der Waals surface area (Å²) in [5, 5.41) is 9.29. The fourth-order valence-electron chi connectivity index (χ4n) is 3.71. The number of nitrogens with one attached hydrogen (secondary N) is 2. The number of hydrogen-bond donors (Lipinski definition) is 2. The lowest BCUT2D eigenvalue weighted by Gasteiger charge is -2.16. The van der Waals surface area contributed by atoms with Crippen molar-refractivity contribution in [3.05, 3.63) is 81.6 Å². The largest absolute Gasteiger partial charge is 0.443 e. The van der Waals surface area contributed by atoms with E-state index in [1.54, 1.807) is 24.0 Å². The van der Waals surface area contributed by atoms with Crippen molar-refractivity contribution in [2.75, 3.05) is 5.32 Å². The van der Waals surface area contributed by atoms with Gasteiger partial charge in [0.15, 0.2) is 0 Å². The molecule has 3 aromatic rings. The first-order valence-corrected chi connectivity index (χ1v) is 10.2. The molecule has 4 rings (SSSR count). The molecule has 10 heteroatoms. The van der Waals surface area contributed by atoms with Crippen LogP contribution in [-0.4, -0.2) is 21.8 Å². The summed E-state index contributed by atoms with van der Waals surface area (Å²) >= 11 is 5.76. The van der Waals surface area contributed by atoms with Crippen molar-refractivity contribution < 1.29 is 23.1 Å². The van der Waals surface area contributed by atoms with Crippen molar-refractivity contribution in [2.24, 2.45) is 7.05 Å². The van der Waals surface area contributed by atoms with Gasteiger partial charge in [-0.15, -0.1) is 0 Å². The van der Waals surface area contributed by atoms with E-state index in [4.69, 9.17) is 16.3 Å². The second-order valence-corrected chi connectivity index (χ2v) is 7.77. The number of aromatic nitrogens is 2. The van der Waals surface area contributed by atoms with Crippen LogP contribution in [0.2, 0.25) is 5.02 Å². The fourth-order valence-corrected chi connectivity index (χ4v) is 3.89. The van der Waals surface area contributed by atoms with Crippen LogP contribution in [0.4, 0.5) is 19.3 Å². The third kappa shape index (κ3) is 4.57. The number of benzene rings is 2. The van der Waals surface area contributed by atoms with E-state index >= 15 is 0 Å². The molecule has 7 nitrogen and oxygen atoms in total. The molecule has 0 radical (unpaired) electrons. The number of nitrogens with zero attached hydrogens (tertiary/aromatic N) is 2. The Labute approximate surface area is 187 Å². The maximum Gasteiger partial charge on any atom is 0.408 e. The highest BCUT2D eigenvalue weighted by molar-refractivity contribution is 6.31.